The Hall–Kier alpha value is -1.16. The molecule has 98 valence electrons. The standard InChI is InChI=1S/C13H22O4/c1-5-7-8-9-16-10-11(14)13(3,4)12(15)17-6-2/h5H,1,6-10H2,2-4H3. The minimum atomic E-state index is -1.13. The van der Waals surface area contributed by atoms with Crippen LogP contribution in [0.15, 0.2) is 12.7 Å². The van der Waals surface area contributed by atoms with E-state index in [2.05, 4.69) is 6.58 Å². The van der Waals surface area contributed by atoms with Gasteiger partial charge in [0.2, 0.25) is 0 Å². The molecule has 0 aliphatic heterocycles. The van der Waals surface area contributed by atoms with Gasteiger partial charge in [-0.15, -0.1) is 6.58 Å². The van der Waals surface area contributed by atoms with Crippen LogP contribution >= 0.6 is 0 Å². The first-order chi connectivity index (χ1) is 7.96. The normalized spacial score (nSPS) is 11.0. The van der Waals surface area contributed by atoms with Gasteiger partial charge in [-0.05, 0) is 33.6 Å². The van der Waals surface area contributed by atoms with Crippen molar-refractivity contribution in [2.24, 2.45) is 5.41 Å². The summed E-state index contributed by atoms with van der Waals surface area (Å²) >= 11 is 0. The molecule has 0 bridgehead atoms. The van der Waals surface area contributed by atoms with Gasteiger partial charge in [0.1, 0.15) is 12.0 Å². The summed E-state index contributed by atoms with van der Waals surface area (Å²) in [5.74, 6) is -0.755. The molecule has 17 heavy (non-hydrogen) atoms. The number of ether oxygens (including phenoxy) is 2. The summed E-state index contributed by atoms with van der Waals surface area (Å²) in [4.78, 5) is 23.3. The molecule has 0 rings (SSSR count). The molecule has 0 aliphatic rings. The van der Waals surface area contributed by atoms with Crippen molar-refractivity contribution in [3.8, 4) is 0 Å². The second-order valence-corrected chi connectivity index (χ2v) is 4.25. The predicted molar refractivity (Wildman–Crippen MR) is 65.7 cm³/mol. The molecule has 4 heteroatoms. The molecule has 0 saturated heterocycles. The zero-order chi connectivity index (χ0) is 13.3. The lowest BCUT2D eigenvalue weighted by Crippen LogP contribution is -2.37. The van der Waals surface area contributed by atoms with Crippen molar-refractivity contribution < 1.29 is 19.1 Å². The van der Waals surface area contributed by atoms with Crippen LogP contribution in [-0.4, -0.2) is 31.6 Å². The first-order valence-electron chi connectivity index (χ1n) is 5.86. The van der Waals surface area contributed by atoms with Gasteiger partial charge >= 0.3 is 5.97 Å². The molecule has 0 N–H and O–H groups in total. The summed E-state index contributed by atoms with van der Waals surface area (Å²) in [6.07, 6.45) is 3.49. The third-order valence-corrected chi connectivity index (χ3v) is 2.41. The SMILES string of the molecule is C=CCCCOCC(=O)C(C)(C)C(=O)OCC. The zero-order valence-corrected chi connectivity index (χ0v) is 11.0. The predicted octanol–water partition coefficient (Wildman–Crippen LogP) is 2.13. The highest BCUT2D eigenvalue weighted by Gasteiger charge is 2.37. The van der Waals surface area contributed by atoms with Crippen LogP contribution < -0.4 is 0 Å². The van der Waals surface area contributed by atoms with Gasteiger partial charge in [0.15, 0.2) is 5.78 Å². The lowest BCUT2D eigenvalue weighted by atomic mass is 9.88. The smallest absolute Gasteiger partial charge is 0.319 e. The fraction of sp³-hybridized carbons (Fsp3) is 0.692. The molecule has 0 amide bonds. The van der Waals surface area contributed by atoms with Gasteiger partial charge in [-0.25, -0.2) is 0 Å². The molecule has 0 aromatic rings. The Labute approximate surface area is 103 Å². The maximum Gasteiger partial charge on any atom is 0.319 e. The van der Waals surface area contributed by atoms with Crippen LogP contribution in [0, 0.1) is 5.41 Å². The molecule has 0 atom stereocenters. The molecule has 0 heterocycles. The van der Waals surface area contributed by atoms with E-state index < -0.39 is 11.4 Å². The van der Waals surface area contributed by atoms with E-state index in [4.69, 9.17) is 9.47 Å². The van der Waals surface area contributed by atoms with Crippen molar-refractivity contribution in [1.82, 2.24) is 0 Å². The van der Waals surface area contributed by atoms with Gasteiger partial charge < -0.3 is 9.47 Å². The summed E-state index contributed by atoms with van der Waals surface area (Å²) in [6, 6.07) is 0. The number of hydrogen-bond donors (Lipinski definition) is 0. The van der Waals surface area contributed by atoms with Crippen LogP contribution in [0.3, 0.4) is 0 Å². The molecule has 0 spiro atoms. The Kier molecular flexibility index (Phi) is 7.46. The molecule has 0 aromatic carbocycles. The van der Waals surface area contributed by atoms with Gasteiger partial charge in [-0.2, -0.15) is 0 Å². The third kappa shape index (κ3) is 5.63. The minimum absolute atomic E-state index is 0.0526. The molecule has 0 aliphatic carbocycles. The van der Waals surface area contributed by atoms with Crippen LogP contribution in [0.1, 0.15) is 33.6 Å². The average molecular weight is 242 g/mol. The van der Waals surface area contributed by atoms with Crippen molar-refractivity contribution in [3.05, 3.63) is 12.7 Å². The Morgan fingerprint density at radius 2 is 2.00 bits per heavy atom. The van der Waals surface area contributed by atoms with Crippen molar-refractivity contribution in [1.29, 1.82) is 0 Å². The van der Waals surface area contributed by atoms with Crippen LogP contribution in [0.2, 0.25) is 0 Å². The summed E-state index contributed by atoms with van der Waals surface area (Å²) in [7, 11) is 0. The molecule has 0 unspecified atom stereocenters. The minimum Gasteiger partial charge on any atom is -0.465 e. The molecule has 0 saturated carbocycles. The third-order valence-electron chi connectivity index (χ3n) is 2.41. The average Bonchev–Trinajstić information content (AvgIpc) is 2.28. The summed E-state index contributed by atoms with van der Waals surface area (Å²) in [6.45, 7) is 9.13. The second kappa shape index (κ2) is 8.01. The van der Waals surface area contributed by atoms with Crippen molar-refractivity contribution in [3.63, 3.8) is 0 Å². The number of esters is 1. The van der Waals surface area contributed by atoms with E-state index >= 15 is 0 Å². The molecule has 0 radical (unpaired) electrons. The van der Waals surface area contributed by atoms with Crippen molar-refractivity contribution in [2.75, 3.05) is 19.8 Å². The molecular weight excluding hydrogens is 220 g/mol. The second-order valence-electron chi connectivity index (χ2n) is 4.25. The van der Waals surface area contributed by atoms with Gasteiger partial charge in [0, 0.05) is 6.61 Å². The van der Waals surface area contributed by atoms with E-state index in [9.17, 15) is 9.59 Å². The number of allylic oxidation sites excluding steroid dienone is 1. The molecule has 0 fully saturated rings. The van der Waals surface area contributed by atoms with E-state index in [1.54, 1.807) is 26.8 Å². The maximum atomic E-state index is 11.8. The monoisotopic (exact) mass is 242 g/mol. The van der Waals surface area contributed by atoms with E-state index in [1.165, 1.54) is 0 Å². The van der Waals surface area contributed by atoms with E-state index in [1.807, 2.05) is 0 Å². The van der Waals surface area contributed by atoms with Crippen molar-refractivity contribution >= 4 is 11.8 Å². The topological polar surface area (TPSA) is 52.6 Å². The number of Topliss-reactive ketones (excluding diaryl/α,β-unsaturated/α-hetero) is 1. The van der Waals surface area contributed by atoms with Gasteiger partial charge in [-0.3, -0.25) is 9.59 Å². The Morgan fingerprint density at radius 3 is 2.53 bits per heavy atom. The van der Waals surface area contributed by atoms with Gasteiger partial charge in [-0.1, -0.05) is 6.08 Å². The first-order valence-corrected chi connectivity index (χ1v) is 5.86. The van der Waals surface area contributed by atoms with Gasteiger partial charge in [0.25, 0.3) is 0 Å². The number of unbranched alkanes of at least 4 members (excludes halogenated alkanes) is 1. The highest BCUT2D eigenvalue weighted by Crippen LogP contribution is 2.19. The fourth-order valence-electron chi connectivity index (χ4n) is 1.10. The highest BCUT2D eigenvalue weighted by atomic mass is 16.5. The largest absolute Gasteiger partial charge is 0.465 e. The summed E-state index contributed by atoms with van der Waals surface area (Å²) in [5.41, 5.74) is -1.13. The van der Waals surface area contributed by atoms with Gasteiger partial charge in [0.05, 0.1) is 6.61 Å². The Morgan fingerprint density at radius 1 is 1.35 bits per heavy atom. The summed E-state index contributed by atoms with van der Waals surface area (Å²) < 4.78 is 10.1. The summed E-state index contributed by atoms with van der Waals surface area (Å²) in [5, 5.41) is 0. The van der Waals surface area contributed by atoms with Crippen molar-refractivity contribution in [2.45, 2.75) is 33.6 Å². The number of rotatable bonds is 9. The van der Waals surface area contributed by atoms with Crippen LogP contribution in [0.5, 0.6) is 0 Å². The quantitative estimate of drug-likeness (QED) is 0.269. The molecule has 0 aromatic heterocycles. The lowest BCUT2D eigenvalue weighted by molar-refractivity contribution is -0.159. The maximum absolute atomic E-state index is 11.8. The van der Waals surface area contributed by atoms with E-state index in [-0.39, 0.29) is 19.0 Å². The van der Waals surface area contributed by atoms with Crippen LogP contribution in [0.4, 0.5) is 0 Å². The molecular formula is C13H22O4. The fourth-order valence-corrected chi connectivity index (χ4v) is 1.10. The Balaban J connectivity index is 4.02. The van der Waals surface area contributed by atoms with Crippen LogP contribution in [-0.2, 0) is 19.1 Å². The number of hydrogen-bond acceptors (Lipinski definition) is 4. The molecule has 4 nitrogen and oxygen atoms in total. The first kappa shape index (κ1) is 15.8. The number of carbonyl (C=O) groups is 2. The van der Waals surface area contributed by atoms with E-state index in [0.29, 0.717) is 6.61 Å². The lowest BCUT2D eigenvalue weighted by Gasteiger charge is -2.20. The zero-order valence-electron chi connectivity index (χ0n) is 11.0. The Bertz CT molecular complexity index is 269. The van der Waals surface area contributed by atoms with Crippen LogP contribution in [0.25, 0.3) is 0 Å². The van der Waals surface area contributed by atoms with E-state index in [0.717, 1.165) is 12.8 Å². The highest BCUT2D eigenvalue weighted by molar-refractivity contribution is 6.03. The number of carbonyl (C=O) groups excluding carboxylic acids is 2. The number of ketones is 1.